The summed E-state index contributed by atoms with van der Waals surface area (Å²) in [5.41, 5.74) is 1.55. The zero-order valence-electron chi connectivity index (χ0n) is 16.5. The van der Waals surface area contributed by atoms with Crippen LogP contribution in [-0.4, -0.2) is 41.7 Å². The molecule has 1 aliphatic rings. The molecule has 0 spiro atoms. The molecule has 0 saturated carbocycles. The van der Waals surface area contributed by atoms with Gasteiger partial charge in [-0.2, -0.15) is 0 Å². The highest BCUT2D eigenvalue weighted by atomic mass is 16.5. The molecule has 3 rings (SSSR count). The van der Waals surface area contributed by atoms with Crippen molar-refractivity contribution in [3.63, 3.8) is 0 Å². The van der Waals surface area contributed by atoms with Crippen LogP contribution in [0, 0.1) is 0 Å². The van der Waals surface area contributed by atoms with Crippen LogP contribution in [0.4, 0.5) is 5.69 Å². The fourth-order valence-corrected chi connectivity index (χ4v) is 3.62. The molecule has 2 aromatic carbocycles. The van der Waals surface area contributed by atoms with Crippen LogP contribution < -0.4 is 4.90 Å². The van der Waals surface area contributed by atoms with E-state index in [1.165, 1.54) is 43.2 Å². The smallest absolute Gasteiger partial charge is 0.337 e. The van der Waals surface area contributed by atoms with Gasteiger partial charge in [-0.1, -0.05) is 30.3 Å². The Morgan fingerprint density at radius 3 is 2.24 bits per heavy atom. The zero-order chi connectivity index (χ0) is 21.1. The van der Waals surface area contributed by atoms with E-state index in [0.29, 0.717) is 11.3 Å². The van der Waals surface area contributed by atoms with E-state index in [4.69, 9.17) is 0 Å². The Kier molecular flexibility index (Phi) is 5.77. The fraction of sp³-hybridized carbons (Fsp3) is 0.273. The third kappa shape index (κ3) is 3.89. The maximum Gasteiger partial charge on any atom is 0.337 e. The van der Waals surface area contributed by atoms with Gasteiger partial charge in [0, 0.05) is 6.92 Å². The number of methoxy groups -OCH3 is 1. The van der Waals surface area contributed by atoms with Crippen molar-refractivity contribution in [1.29, 1.82) is 0 Å². The van der Waals surface area contributed by atoms with Gasteiger partial charge in [-0.3, -0.25) is 14.4 Å². The number of hydrogen-bond acceptors (Lipinski definition) is 5. The number of rotatable bonds is 5. The molecule has 0 aliphatic carbocycles. The standard InChI is InChI=1S/C22H22N2O5/c1-14(16-7-5-4-6-8-16)23(15(2)25)19-13-20(26)24(21(19)27)18-11-9-17(10-12-18)22(28)29-3/h4-12,14,19H,13H2,1-3H3. The van der Waals surface area contributed by atoms with Crippen molar-refractivity contribution in [2.24, 2.45) is 0 Å². The lowest BCUT2D eigenvalue weighted by molar-refractivity contribution is -0.139. The Morgan fingerprint density at radius 1 is 1.07 bits per heavy atom. The molecule has 150 valence electrons. The van der Waals surface area contributed by atoms with Crippen LogP contribution in [0.5, 0.6) is 0 Å². The average molecular weight is 394 g/mol. The van der Waals surface area contributed by atoms with Crippen molar-refractivity contribution in [1.82, 2.24) is 4.90 Å². The Hall–Kier alpha value is -3.48. The second-order valence-electron chi connectivity index (χ2n) is 6.84. The minimum absolute atomic E-state index is 0.0889. The number of ether oxygens (including phenoxy) is 1. The molecule has 0 bridgehead atoms. The Bertz CT molecular complexity index is 939. The van der Waals surface area contributed by atoms with Crippen molar-refractivity contribution in [3.8, 4) is 0 Å². The summed E-state index contributed by atoms with van der Waals surface area (Å²) in [6, 6.07) is 14.1. The molecule has 3 amide bonds. The van der Waals surface area contributed by atoms with Crippen molar-refractivity contribution in [2.75, 3.05) is 12.0 Å². The van der Waals surface area contributed by atoms with E-state index in [2.05, 4.69) is 4.74 Å². The van der Waals surface area contributed by atoms with Crippen LogP contribution in [-0.2, 0) is 19.1 Å². The molecule has 7 nitrogen and oxygen atoms in total. The number of amides is 3. The molecule has 1 aliphatic heterocycles. The first-order chi connectivity index (χ1) is 13.8. The van der Waals surface area contributed by atoms with Gasteiger partial charge in [0.15, 0.2) is 0 Å². The molecule has 7 heteroatoms. The average Bonchev–Trinajstić information content (AvgIpc) is 3.01. The van der Waals surface area contributed by atoms with Crippen molar-refractivity contribution in [2.45, 2.75) is 32.4 Å². The van der Waals surface area contributed by atoms with Crippen LogP contribution in [0.2, 0.25) is 0 Å². The molecule has 1 fully saturated rings. The second kappa shape index (κ2) is 8.26. The molecule has 0 radical (unpaired) electrons. The van der Waals surface area contributed by atoms with E-state index in [-0.39, 0.29) is 18.4 Å². The summed E-state index contributed by atoms with van der Waals surface area (Å²) in [6.45, 7) is 3.23. The summed E-state index contributed by atoms with van der Waals surface area (Å²) in [6.07, 6.45) is -0.0889. The van der Waals surface area contributed by atoms with Gasteiger partial charge in [-0.15, -0.1) is 0 Å². The first-order valence-electron chi connectivity index (χ1n) is 9.24. The van der Waals surface area contributed by atoms with Gasteiger partial charge in [-0.25, -0.2) is 9.69 Å². The SMILES string of the molecule is COC(=O)c1ccc(N2C(=O)CC(N(C(C)=O)C(C)c3ccccc3)C2=O)cc1. The Balaban J connectivity index is 1.88. The molecular weight excluding hydrogens is 372 g/mol. The lowest BCUT2D eigenvalue weighted by Gasteiger charge is -2.32. The minimum atomic E-state index is -0.879. The summed E-state index contributed by atoms with van der Waals surface area (Å²) in [5.74, 6) is -1.64. The lowest BCUT2D eigenvalue weighted by Crippen LogP contribution is -2.45. The van der Waals surface area contributed by atoms with Crippen molar-refractivity contribution in [3.05, 3.63) is 65.7 Å². The summed E-state index contributed by atoms with van der Waals surface area (Å²) in [7, 11) is 1.28. The highest BCUT2D eigenvalue weighted by Gasteiger charge is 2.45. The summed E-state index contributed by atoms with van der Waals surface area (Å²) < 4.78 is 4.66. The van der Waals surface area contributed by atoms with Crippen molar-refractivity contribution < 1.29 is 23.9 Å². The number of hydrogen-bond donors (Lipinski definition) is 0. The number of nitrogens with zero attached hydrogens (tertiary/aromatic N) is 2. The maximum absolute atomic E-state index is 13.1. The van der Waals surface area contributed by atoms with Crippen LogP contribution in [0.25, 0.3) is 0 Å². The van der Waals surface area contributed by atoms with E-state index >= 15 is 0 Å². The Labute approximate surface area is 168 Å². The molecule has 2 aromatic rings. The number of imide groups is 1. The van der Waals surface area contributed by atoms with Gasteiger partial charge >= 0.3 is 5.97 Å². The number of carbonyl (C=O) groups is 4. The highest BCUT2D eigenvalue weighted by molar-refractivity contribution is 6.23. The molecule has 2 unspecified atom stereocenters. The minimum Gasteiger partial charge on any atom is -0.465 e. The fourth-order valence-electron chi connectivity index (χ4n) is 3.62. The van der Waals surface area contributed by atoms with Gasteiger partial charge in [0.25, 0.3) is 5.91 Å². The Morgan fingerprint density at radius 2 is 1.69 bits per heavy atom. The third-order valence-electron chi connectivity index (χ3n) is 5.07. The predicted octanol–water partition coefficient (Wildman–Crippen LogP) is 2.71. The highest BCUT2D eigenvalue weighted by Crippen LogP contribution is 2.31. The molecular formula is C22H22N2O5. The lowest BCUT2D eigenvalue weighted by atomic mass is 10.0. The third-order valence-corrected chi connectivity index (χ3v) is 5.07. The first-order valence-corrected chi connectivity index (χ1v) is 9.24. The van der Waals surface area contributed by atoms with Crippen LogP contribution in [0.15, 0.2) is 54.6 Å². The molecule has 2 atom stereocenters. The van der Waals surface area contributed by atoms with Gasteiger partial charge in [0.05, 0.1) is 30.8 Å². The molecule has 0 aromatic heterocycles. The van der Waals surface area contributed by atoms with Crippen LogP contribution in [0.3, 0.4) is 0 Å². The molecule has 0 N–H and O–H groups in total. The normalized spacial score (nSPS) is 17.2. The van der Waals surface area contributed by atoms with E-state index in [9.17, 15) is 19.2 Å². The number of esters is 1. The van der Waals surface area contributed by atoms with E-state index in [1.54, 1.807) is 0 Å². The van der Waals surface area contributed by atoms with Gasteiger partial charge in [0.1, 0.15) is 6.04 Å². The van der Waals surface area contributed by atoms with Gasteiger partial charge in [0.2, 0.25) is 11.8 Å². The molecule has 29 heavy (non-hydrogen) atoms. The van der Waals surface area contributed by atoms with Gasteiger partial charge in [-0.05, 0) is 36.8 Å². The zero-order valence-corrected chi connectivity index (χ0v) is 16.5. The number of benzene rings is 2. The van der Waals surface area contributed by atoms with E-state index in [0.717, 1.165) is 10.5 Å². The van der Waals surface area contributed by atoms with Crippen LogP contribution in [0.1, 0.15) is 42.2 Å². The second-order valence-corrected chi connectivity index (χ2v) is 6.84. The van der Waals surface area contributed by atoms with E-state index in [1.807, 2.05) is 37.3 Å². The topological polar surface area (TPSA) is 84.0 Å². The quantitative estimate of drug-likeness (QED) is 0.575. The van der Waals surface area contributed by atoms with Gasteiger partial charge < -0.3 is 9.64 Å². The molecule has 1 saturated heterocycles. The van der Waals surface area contributed by atoms with Crippen LogP contribution >= 0.6 is 0 Å². The summed E-state index contributed by atoms with van der Waals surface area (Å²) >= 11 is 0. The number of anilines is 1. The summed E-state index contributed by atoms with van der Waals surface area (Å²) in [5, 5.41) is 0. The first kappa shape index (κ1) is 20.3. The predicted molar refractivity (Wildman–Crippen MR) is 106 cm³/mol. The molecule has 1 heterocycles. The monoisotopic (exact) mass is 394 g/mol. The summed E-state index contributed by atoms with van der Waals surface area (Å²) in [4.78, 5) is 52.2. The van der Waals surface area contributed by atoms with E-state index < -0.39 is 23.8 Å². The largest absolute Gasteiger partial charge is 0.465 e. The van der Waals surface area contributed by atoms with Crippen molar-refractivity contribution >= 4 is 29.4 Å². The number of carbonyl (C=O) groups excluding carboxylic acids is 4. The maximum atomic E-state index is 13.1.